The minimum Gasteiger partial charge on any atom is -0.481 e. The summed E-state index contributed by atoms with van der Waals surface area (Å²) in [7, 11) is 0. The van der Waals surface area contributed by atoms with Gasteiger partial charge in [0.25, 0.3) is 0 Å². The van der Waals surface area contributed by atoms with E-state index in [1.807, 2.05) is 17.1 Å². The van der Waals surface area contributed by atoms with Gasteiger partial charge in [0.05, 0.1) is 11.8 Å². The van der Waals surface area contributed by atoms with Crippen LogP contribution in [0.2, 0.25) is 0 Å². The number of carboxylic acids is 1. The van der Waals surface area contributed by atoms with E-state index in [0.29, 0.717) is 18.8 Å². The van der Waals surface area contributed by atoms with Gasteiger partial charge in [0.15, 0.2) is 0 Å². The maximum absolute atomic E-state index is 12.4. The number of nitrogens with zero attached hydrogens (tertiary/aromatic N) is 1. The van der Waals surface area contributed by atoms with E-state index in [4.69, 9.17) is 0 Å². The van der Waals surface area contributed by atoms with Crippen LogP contribution in [0, 0.1) is 17.8 Å². The lowest BCUT2D eigenvalue weighted by atomic mass is 9.81. The number of likely N-dealkylation sites (tertiary alicyclic amines) is 1. The van der Waals surface area contributed by atoms with E-state index in [2.05, 4.69) is 6.92 Å². The van der Waals surface area contributed by atoms with Crippen molar-refractivity contribution in [3.05, 3.63) is 12.2 Å². The van der Waals surface area contributed by atoms with Gasteiger partial charge in [0.2, 0.25) is 5.91 Å². The Balaban J connectivity index is 2.03. The number of hydrogen-bond acceptors (Lipinski definition) is 2. The van der Waals surface area contributed by atoms with Gasteiger partial charge in [-0.3, -0.25) is 9.59 Å². The molecule has 0 aromatic rings. The largest absolute Gasteiger partial charge is 0.481 e. The van der Waals surface area contributed by atoms with Crippen molar-refractivity contribution in [3.8, 4) is 0 Å². The third-order valence-electron chi connectivity index (χ3n) is 4.16. The number of aliphatic carboxylic acids is 1. The fraction of sp³-hybridized carbons (Fsp3) is 0.714. The van der Waals surface area contributed by atoms with E-state index in [1.165, 1.54) is 0 Å². The fourth-order valence-corrected chi connectivity index (χ4v) is 2.82. The van der Waals surface area contributed by atoms with Crippen LogP contribution < -0.4 is 0 Å². The topological polar surface area (TPSA) is 57.6 Å². The van der Waals surface area contributed by atoms with Gasteiger partial charge < -0.3 is 10.0 Å². The predicted molar refractivity (Wildman–Crippen MR) is 68.0 cm³/mol. The molecule has 1 aliphatic carbocycles. The zero-order valence-corrected chi connectivity index (χ0v) is 10.8. The second-order valence-corrected chi connectivity index (χ2v) is 5.50. The van der Waals surface area contributed by atoms with Gasteiger partial charge in [-0.2, -0.15) is 0 Å². The summed E-state index contributed by atoms with van der Waals surface area (Å²) in [5, 5.41) is 9.19. The van der Waals surface area contributed by atoms with E-state index in [-0.39, 0.29) is 11.8 Å². The molecule has 0 bridgehead atoms. The van der Waals surface area contributed by atoms with Crippen molar-refractivity contribution in [2.45, 2.75) is 32.6 Å². The maximum atomic E-state index is 12.4. The van der Waals surface area contributed by atoms with Gasteiger partial charge in [-0.1, -0.05) is 19.1 Å². The number of piperidine rings is 1. The lowest BCUT2D eigenvalue weighted by Gasteiger charge is -2.35. The molecule has 2 aliphatic rings. The average Bonchev–Trinajstić information content (AvgIpc) is 2.39. The molecule has 4 heteroatoms. The first kappa shape index (κ1) is 13.1. The summed E-state index contributed by atoms with van der Waals surface area (Å²) in [6.45, 7) is 3.77. The zero-order valence-electron chi connectivity index (χ0n) is 10.8. The van der Waals surface area contributed by atoms with Gasteiger partial charge >= 0.3 is 5.97 Å². The Bertz CT molecular complexity index is 356. The highest BCUT2D eigenvalue weighted by molar-refractivity contribution is 5.85. The smallest absolute Gasteiger partial charge is 0.307 e. The highest BCUT2D eigenvalue weighted by atomic mass is 16.4. The number of carboxylic acid groups (broad SMARTS) is 1. The third kappa shape index (κ3) is 2.74. The highest BCUT2D eigenvalue weighted by Gasteiger charge is 2.36. The zero-order chi connectivity index (χ0) is 13.1. The van der Waals surface area contributed by atoms with Crippen LogP contribution in [0.3, 0.4) is 0 Å². The minimum absolute atomic E-state index is 0.0404. The Morgan fingerprint density at radius 1 is 1.11 bits per heavy atom. The van der Waals surface area contributed by atoms with Crippen LogP contribution >= 0.6 is 0 Å². The molecular formula is C14H21NO3. The molecule has 0 radical (unpaired) electrons. The summed E-state index contributed by atoms with van der Waals surface area (Å²) in [6.07, 6.45) is 6.94. The molecule has 1 fully saturated rings. The third-order valence-corrected chi connectivity index (χ3v) is 4.16. The van der Waals surface area contributed by atoms with Crippen molar-refractivity contribution < 1.29 is 14.7 Å². The number of carbonyl (C=O) groups is 2. The molecule has 1 aliphatic heterocycles. The van der Waals surface area contributed by atoms with E-state index < -0.39 is 11.9 Å². The summed E-state index contributed by atoms with van der Waals surface area (Å²) in [5.41, 5.74) is 0. The molecule has 100 valence electrons. The second-order valence-electron chi connectivity index (χ2n) is 5.50. The van der Waals surface area contributed by atoms with Crippen molar-refractivity contribution >= 4 is 11.9 Å². The van der Waals surface area contributed by atoms with Crippen molar-refractivity contribution in [2.24, 2.45) is 17.8 Å². The number of amides is 1. The molecular weight excluding hydrogens is 230 g/mol. The second kappa shape index (κ2) is 5.55. The van der Waals surface area contributed by atoms with Crippen LogP contribution in [0.5, 0.6) is 0 Å². The Labute approximate surface area is 108 Å². The Morgan fingerprint density at radius 3 is 2.22 bits per heavy atom. The first-order valence-electron chi connectivity index (χ1n) is 6.76. The molecule has 1 saturated heterocycles. The van der Waals surface area contributed by atoms with Gasteiger partial charge in [0.1, 0.15) is 0 Å². The first-order valence-corrected chi connectivity index (χ1v) is 6.76. The van der Waals surface area contributed by atoms with Crippen molar-refractivity contribution in [2.75, 3.05) is 13.1 Å². The average molecular weight is 251 g/mol. The molecule has 1 amide bonds. The standard InChI is InChI=1S/C14H21NO3/c1-10-6-8-15(9-7-10)13(16)11-4-2-3-5-12(11)14(17)18/h2-3,10-12H,4-9H2,1H3,(H,17,18)/t11-,12-/m0/s1. The quantitative estimate of drug-likeness (QED) is 0.763. The van der Waals surface area contributed by atoms with Crippen LogP contribution in [0.4, 0.5) is 0 Å². The molecule has 1 N–H and O–H groups in total. The van der Waals surface area contributed by atoms with Gasteiger partial charge in [0, 0.05) is 13.1 Å². The van der Waals surface area contributed by atoms with Gasteiger partial charge in [-0.25, -0.2) is 0 Å². The van der Waals surface area contributed by atoms with Crippen LogP contribution in [0.15, 0.2) is 12.2 Å². The minimum atomic E-state index is -0.844. The van der Waals surface area contributed by atoms with Crippen LogP contribution in [0.1, 0.15) is 32.6 Å². The Morgan fingerprint density at radius 2 is 1.67 bits per heavy atom. The summed E-state index contributed by atoms with van der Waals surface area (Å²) in [4.78, 5) is 25.5. The Hall–Kier alpha value is -1.32. The lowest BCUT2D eigenvalue weighted by Crippen LogP contribution is -2.45. The van der Waals surface area contributed by atoms with Gasteiger partial charge in [-0.05, 0) is 31.6 Å². The maximum Gasteiger partial charge on any atom is 0.307 e. The fourth-order valence-electron chi connectivity index (χ4n) is 2.82. The number of carbonyl (C=O) groups excluding carboxylic acids is 1. The van der Waals surface area contributed by atoms with Crippen LogP contribution in [0.25, 0.3) is 0 Å². The molecule has 0 unspecified atom stereocenters. The molecule has 2 rings (SSSR count). The first-order chi connectivity index (χ1) is 8.59. The SMILES string of the molecule is CC1CCN(C(=O)[C@H]2CC=CC[C@@H]2C(=O)O)CC1. The van der Waals surface area contributed by atoms with Crippen LogP contribution in [-0.2, 0) is 9.59 Å². The molecule has 0 spiro atoms. The van der Waals surface area contributed by atoms with Gasteiger partial charge in [-0.15, -0.1) is 0 Å². The predicted octanol–water partition coefficient (Wildman–Crippen LogP) is 1.91. The van der Waals surface area contributed by atoms with Crippen molar-refractivity contribution in [3.63, 3.8) is 0 Å². The highest BCUT2D eigenvalue weighted by Crippen LogP contribution is 2.29. The number of rotatable bonds is 2. The summed E-state index contributed by atoms with van der Waals surface area (Å²) in [5.74, 6) is -1.03. The van der Waals surface area contributed by atoms with Crippen molar-refractivity contribution in [1.82, 2.24) is 4.90 Å². The molecule has 0 aromatic heterocycles. The van der Waals surface area contributed by atoms with E-state index in [9.17, 15) is 14.7 Å². The molecule has 2 atom stereocenters. The molecule has 0 saturated carbocycles. The molecule has 18 heavy (non-hydrogen) atoms. The summed E-state index contributed by atoms with van der Waals surface area (Å²) in [6, 6.07) is 0. The molecule has 1 heterocycles. The Kier molecular flexibility index (Phi) is 4.04. The lowest BCUT2D eigenvalue weighted by molar-refractivity contribution is -0.151. The number of allylic oxidation sites excluding steroid dienone is 2. The summed E-state index contributed by atoms with van der Waals surface area (Å²) < 4.78 is 0. The molecule has 0 aromatic carbocycles. The summed E-state index contributed by atoms with van der Waals surface area (Å²) >= 11 is 0. The van der Waals surface area contributed by atoms with E-state index in [0.717, 1.165) is 25.9 Å². The van der Waals surface area contributed by atoms with Crippen molar-refractivity contribution in [1.29, 1.82) is 0 Å². The number of hydrogen-bond donors (Lipinski definition) is 1. The van der Waals surface area contributed by atoms with E-state index >= 15 is 0 Å². The van der Waals surface area contributed by atoms with Crippen LogP contribution in [-0.4, -0.2) is 35.0 Å². The molecule has 4 nitrogen and oxygen atoms in total. The normalized spacial score (nSPS) is 29.3. The monoisotopic (exact) mass is 251 g/mol. The van der Waals surface area contributed by atoms with E-state index in [1.54, 1.807) is 0 Å².